The molecule has 0 bridgehead atoms. The van der Waals surface area contributed by atoms with E-state index in [2.05, 4.69) is 15.5 Å². The Hall–Kier alpha value is -3.41. The number of nitrogens with zero attached hydrogens (tertiary/aromatic N) is 2. The normalized spacial score (nSPS) is 11.0. The van der Waals surface area contributed by atoms with Crippen molar-refractivity contribution >= 4 is 23.0 Å². The molecule has 0 aliphatic rings. The van der Waals surface area contributed by atoms with E-state index >= 15 is 0 Å². The van der Waals surface area contributed by atoms with Crippen molar-refractivity contribution in [1.29, 1.82) is 0 Å². The third-order valence-electron chi connectivity index (χ3n) is 3.21. The lowest BCUT2D eigenvalue weighted by Gasteiger charge is -2.02. The van der Waals surface area contributed by atoms with Crippen LogP contribution in [0.1, 0.15) is 16.1 Å². The number of para-hydroxylation sites is 1. The Morgan fingerprint density at radius 3 is 2.61 bits per heavy atom. The third kappa shape index (κ3) is 3.26. The van der Waals surface area contributed by atoms with Crippen molar-refractivity contribution < 1.29 is 15.0 Å². The monoisotopic (exact) mass is 307 g/mol. The number of hydrogen-bond donors (Lipinski definition) is 3. The fraction of sp³-hybridized carbons (Fsp3) is 0. The van der Waals surface area contributed by atoms with Crippen LogP contribution in [0.15, 0.2) is 59.7 Å². The van der Waals surface area contributed by atoms with Gasteiger partial charge in [-0.05, 0) is 36.4 Å². The van der Waals surface area contributed by atoms with Crippen molar-refractivity contribution in [3.8, 4) is 11.5 Å². The van der Waals surface area contributed by atoms with Gasteiger partial charge < -0.3 is 10.2 Å². The topological polar surface area (TPSA) is 94.8 Å². The van der Waals surface area contributed by atoms with Gasteiger partial charge in [0.15, 0.2) is 0 Å². The Morgan fingerprint density at radius 1 is 1.04 bits per heavy atom. The highest BCUT2D eigenvalue weighted by atomic mass is 16.3. The van der Waals surface area contributed by atoms with E-state index in [0.29, 0.717) is 16.8 Å². The summed E-state index contributed by atoms with van der Waals surface area (Å²) in [5.41, 5.74) is 3.73. The van der Waals surface area contributed by atoms with Crippen LogP contribution in [-0.4, -0.2) is 27.3 Å². The van der Waals surface area contributed by atoms with Gasteiger partial charge in [0, 0.05) is 10.9 Å². The van der Waals surface area contributed by atoms with Gasteiger partial charge >= 0.3 is 0 Å². The van der Waals surface area contributed by atoms with Crippen molar-refractivity contribution in [2.24, 2.45) is 5.10 Å². The second-order valence-electron chi connectivity index (χ2n) is 4.83. The molecule has 1 aromatic heterocycles. The van der Waals surface area contributed by atoms with Gasteiger partial charge in [0.1, 0.15) is 17.0 Å². The number of phenols is 2. The first kappa shape index (κ1) is 14.5. The molecule has 0 aliphatic heterocycles. The van der Waals surface area contributed by atoms with Gasteiger partial charge in [-0.3, -0.25) is 4.79 Å². The molecule has 3 rings (SSSR count). The van der Waals surface area contributed by atoms with Crippen LogP contribution in [0.25, 0.3) is 10.9 Å². The second kappa shape index (κ2) is 6.15. The minimum absolute atomic E-state index is 0.0882. The van der Waals surface area contributed by atoms with Crippen LogP contribution in [0.3, 0.4) is 0 Å². The first-order chi connectivity index (χ1) is 11.1. The summed E-state index contributed by atoms with van der Waals surface area (Å²) in [5, 5.41) is 23.6. The zero-order valence-corrected chi connectivity index (χ0v) is 12.0. The highest BCUT2D eigenvalue weighted by Gasteiger charge is 2.04. The number of hydrazone groups is 1. The number of nitrogens with one attached hydrogen (secondary N) is 1. The van der Waals surface area contributed by atoms with Crippen molar-refractivity contribution in [3.63, 3.8) is 0 Å². The molecule has 0 atom stereocenters. The lowest BCUT2D eigenvalue weighted by atomic mass is 10.2. The predicted molar refractivity (Wildman–Crippen MR) is 86.6 cm³/mol. The molecule has 3 N–H and O–H groups in total. The molecule has 0 unspecified atom stereocenters. The maximum atomic E-state index is 11.8. The molecular formula is C17H13N3O3. The van der Waals surface area contributed by atoms with E-state index < -0.39 is 5.91 Å². The molecule has 0 saturated heterocycles. The van der Waals surface area contributed by atoms with E-state index in [9.17, 15) is 15.0 Å². The number of rotatable bonds is 3. The highest BCUT2D eigenvalue weighted by molar-refractivity contribution is 5.95. The van der Waals surface area contributed by atoms with E-state index in [1.807, 2.05) is 12.1 Å². The lowest BCUT2D eigenvalue weighted by Crippen LogP contribution is -2.17. The molecule has 1 amide bonds. The Balaban J connectivity index is 1.74. The Bertz CT molecular complexity index is 889. The summed E-state index contributed by atoms with van der Waals surface area (Å²) in [6, 6.07) is 14.5. The average molecular weight is 307 g/mol. The second-order valence-corrected chi connectivity index (χ2v) is 4.83. The molecule has 3 aromatic rings. The molecule has 0 fully saturated rings. The van der Waals surface area contributed by atoms with Gasteiger partial charge in [0.25, 0.3) is 5.91 Å². The number of carbonyl (C=O) groups is 1. The third-order valence-corrected chi connectivity index (χ3v) is 3.21. The van der Waals surface area contributed by atoms with Crippen LogP contribution >= 0.6 is 0 Å². The predicted octanol–water partition coefficient (Wildman–Crippen LogP) is 2.41. The first-order valence-electron chi connectivity index (χ1n) is 6.85. The summed E-state index contributed by atoms with van der Waals surface area (Å²) >= 11 is 0. The van der Waals surface area contributed by atoms with Crippen molar-refractivity contribution in [2.75, 3.05) is 0 Å². The van der Waals surface area contributed by atoms with Gasteiger partial charge in [-0.1, -0.05) is 18.2 Å². The van der Waals surface area contributed by atoms with E-state index in [1.54, 1.807) is 18.2 Å². The number of amides is 1. The lowest BCUT2D eigenvalue weighted by molar-refractivity contribution is 0.0955. The van der Waals surface area contributed by atoms with Crippen molar-refractivity contribution in [1.82, 2.24) is 10.4 Å². The molecule has 23 heavy (non-hydrogen) atoms. The van der Waals surface area contributed by atoms with Crippen LogP contribution < -0.4 is 5.43 Å². The maximum Gasteiger partial charge on any atom is 0.271 e. The number of hydrogen-bond acceptors (Lipinski definition) is 5. The number of aromatic nitrogens is 1. The minimum atomic E-state index is -0.398. The van der Waals surface area contributed by atoms with Crippen molar-refractivity contribution in [3.05, 3.63) is 65.9 Å². The summed E-state index contributed by atoms with van der Waals surface area (Å²) in [6.45, 7) is 0. The first-order valence-corrected chi connectivity index (χ1v) is 6.85. The van der Waals surface area contributed by atoms with Gasteiger partial charge in [0.05, 0.1) is 11.9 Å². The summed E-state index contributed by atoms with van der Waals surface area (Å²) in [7, 11) is 0. The molecule has 6 nitrogen and oxygen atoms in total. The van der Waals surface area contributed by atoms with Crippen LogP contribution in [0, 0.1) is 0 Å². The fourth-order valence-electron chi connectivity index (χ4n) is 2.05. The van der Waals surface area contributed by atoms with E-state index in [1.165, 1.54) is 30.5 Å². The fourth-order valence-corrected chi connectivity index (χ4v) is 2.05. The Kier molecular flexibility index (Phi) is 3.88. The SMILES string of the molecule is O=C(NN=Cc1ccc2cccc(O)c2n1)c1ccc(O)cc1. The summed E-state index contributed by atoms with van der Waals surface area (Å²) in [6.07, 6.45) is 1.39. The van der Waals surface area contributed by atoms with Crippen LogP contribution in [0.4, 0.5) is 0 Å². The average Bonchev–Trinajstić information content (AvgIpc) is 2.56. The van der Waals surface area contributed by atoms with Crippen LogP contribution in [0.2, 0.25) is 0 Å². The Labute approximate surface area is 131 Å². The van der Waals surface area contributed by atoms with E-state index in [4.69, 9.17) is 0 Å². The largest absolute Gasteiger partial charge is 0.508 e. The molecule has 2 aromatic carbocycles. The highest BCUT2D eigenvalue weighted by Crippen LogP contribution is 2.21. The molecule has 0 spiro atoms. The zero-order valence-electron chi connectivity index (χ0n) is 12.0. The van der Waals surface area contributed by atoms with Crippen molar-refractivity contribution in [2.45, 2.75) is 0 Å². The molecule has 114 valence electrons. The quantitative estimate of drug-likeness (QED) is 0.511. The molecule has 0 saturated carbocycles. The van der Waals surface area contributed by atoms with Gasteiger partial charge in [-0.15, -0.1) is 0 Å². The molecule has 0 radical (unpaired) electrons. The van der Waals surface area contributed by atoms with Crippen LogP contribution in [0.5, 0.6) is 11.5 Å². The number of benzene rings is 2. The summed E-state index contributed by atoms with van der Waals surface area (Å²) in [4.78, 5) is 16.1. The number of pyridine rings is 1. The standard InChI is InChI=1S/C17H13N3O3/c21-14-8-5-12(6-9-14)17(23)20-18-10-13-7-4-11-2-1-3-15(22)16(11)19-13/h1-10,21-22H,(H,20,23). The van der Waals surface area contributed by atoms with Gasteiger partial charge in [-0.25, -0.2) is 10.4 Å². The molecular weight excluding hydrogens is 294 g/mol. The smallest absolute Gasteiger partial charge is 0.271 e. The van der Waals surface area contributed by atoms with E-state index in [-0.39, 0.29) is 11.5 Å². The number of aromatic hydroxyl groups is 2. The summed E-state index contributed by atoms with van der Waals surface area (Å²) in [5.74, 6) is -0.221. The maximum absolute atomic E-state index is 11.8. The number of carbonyl (C=O) groups excluding carboxylic acids is 1. The number of fused-ring (bicyclic) bond motifs is 1. The minimum Gasteiger partial charge on any atom is -0.508 e. The molecule has 1 heterocycles. The summed E-state index contributed by atoms with van der Waals surface area (Å²) < 4.78 is 0. The van der Waals surface area contributed by atoms with Gasteiger partial charge in [-0.2, -0.15) is 5.10 Å². The molecule has 0 aliphatic carbocycles. The molecule has 6 heteroatoms. The van der Waals surface area contributed by atoms with Gasteiger partial charge in [0.2, 0.25) is 0 Å². The number of phenolic OH excluding ortho intramolecular Hbond substituents is 2. The Morgan fingerprint density at radius 2 is 1.83 bits per heavy atom. The van der Waals surface area contributed by atoms with E-state index in [0.717, 1.165) is 5.39 Å². The van der Waals surface area contributed by atoms with Crippen LogP contribution in [-0.2, 0) is 0 Å². The zero-order chi connectivity index (χ0) is 16.2.